The second kappa shape index (κ2) is 7.37. The minimum Gasteiger partial charge on any atom is -0.324 e. The number of amides is 1. The van der Waals surface area contributed by atoms with Crippen LogP contribution in [0.2, 0.25) is 0 Å². The number of aromatic nitrogens is 3. The molecule has 1 aliphatic rings. The summed E-state index contributed by atoms with van der Waals surface area (Å²) in [5.74, 6) is 0.645. The van der Waals surface area contributed by atoms with Crippen LogP contribution in [0.3, 0.4) is 0 Å². The predicted octanol–water partition coefficient (Wildman–Crippen LogP) is 4.65. The molecule has 6 nitrogen and oxygen atoms in total. The summed E-state index contributed by atoms with van der Waals surface area (Å²) in [5.41, 5.74) is 3.10. The molecule has 3 heterocycles. The van der Waals surface area contributed by atoms with Crippen LogP contribution in [-0.2, 0) is 0 Å². The Hall–Kier alpha value is -3.71. The molecule has 1 amide bonds. The first-order valence-corrected chi connectivity index (χ1v) is 10.1. The Kier molecular flexibility index (Phi) is 4.42. The van der Waals surface area contributed by atoms with Gasteiger partial charge < -0.3 is 5.32 Å². The first-order chi connectivity index (χ1) is 14.3. The van der Waals surface area contributed by atoms with Crippen LogP contribution in [0.5, 0.6) is 0 Å². The van der Waals surface area contributed by atoms with E-state index >= 15 is 0 Å². The van der Waals surface area contributed by atoms with Gasteiger partial charge in [-0.25, -0.2) is 4.68 Å². The average Bonchev–Trinajstić information content (AvgIpc) is 3.44. The molecule has 5 rings (SSSR count). The molecule has 7 heteroatoms. The molecule has 0 spiro atoms. The minimum atomic E-state index is -0.213. The third-order valence-electron chi connectivity index (χ3n) is 4.66. The highest BCUT2D eigenvalue weighted by atomic mass is 32.1. The third kappa shape index (κ3) is 3.43. The van der Waals surface area contributed by atoms with Gasteiger partial charge in [-0.05, 0) is 28.6 Å². The van der Waals surface area contributed by atoms with Crippen molar-refractivity contribution in [2.75, 3.05) is 10.6 Å². The molecule has 0 unspecified atom stereocenters. The van der Waals surface area contributed by atoms with Crippen molar-refractivity contribution in [1.29, 1.82) is 0 Å². The maximum Gasteiger partial charge on any atom is 0.268 e. The fraction of sp³-hybridized carbons (Fsp3) is 0.0455. The second-order valence-electron chi connectivity index (χ2n) is 6.56. The van der Waals surface area contributed by atoms with Crippen LogP contribution in [0.1, 0.15) is 26.8 Å². The quantitative estimate of drug-likeness (QED) is 0.524. The number of nitrogens with one attached hydrogen (secondary N) is 2. The second-order valence-corrected chi connectivity index (χ2v) is 7.51. The standard InChI is InChI=1S/C22H17N5OS/c28-20(19-12-7-13-29-19)24-21-25-22-23-17(15-8-3-1-4-9-15)14-18(27(22)26-21)16-10-5-2-6-11-16/h1-14,18H,(H2,23,24,25,26,28)/t18-/m1/s1. The monoisotopic (exact) mass is 399 g/mol. The number of carbonyl (C=O) groups is 1. The van der Waals surface area contributed by atoms with Crippen molar-refractivity contribution < 1.29 is 4.79 Å². The van der Waals surface area contributed by atoms with Crippen molar-refractivity contribution in [3.63, 3.8) is 0 Å². The van der Waals surface area contributed by atoms with Crippen LogP contribution < -0.4 is 10.6 Å². The summed E-state index contributed by atoms with van der Waals surface area (Å²) in [6.07, 6.45) is 2.12. The summed E-state index contributed by atoms with van der Waals surface area (Å²) in [4.78, 5) is 17.5. The molecule has 0 bridgehead atoms. The van der Waals surface area contributed by atoms with E-state index in [1.54, 1.807) is 10.7 Å². The van der Waals surface area contributed by atoms with Crippen molar-refractivity contribution in [2.45, 2.75) is 6.04 Å². The molecule has 2 aromatic heterocycles. The maximum absolute atomic E-state index is 12.4. The lowest BCUT2D eigenvalue weighted by Crippen LogP contribution is -2.20. The molecule has 142 valence electrons. The van der Waals surface area contributed by atoms with Gasteiger partial charge in [-0.1, -0.05) is 66.7 Å². The van der Waals surface area contributed by atoms with Gasteiger partial charge in [-0.15, -0.1) is 16.4 Å². The normalized spacial score (nSPS) is 15.2. The van der Waals surface area contributed by atoms with Crippen LogP contribution in [0.25, 0.3) is 5.70 Å². The lowest BCUT2D eigenvalue weighted by molar-refractivity contribution is 0.102. The number of fused-ring (bicyclic) bond motifs is 1. The Bertz CT molecular complexity index is 1170. The van der Waals surface area contributed by atoms with Crippen molar-refractivity contribution in [2.24, 2.45) is 0 Å². The molecule has 4 aromatic rings. The number of allylic oxidation sites excluding steroid dienone is 1. The molecular weight excluding hydrogens is 382 g/mol. The number of anilines is 2. The molecule has 1 aliphatic heterocycles. The summed E-state index contributed by atoms with van der Waals surface area (Å²) in [6.45, 7) is 0. The number of thiophene rings is 1. The lowest BCUT2D eigenvalue weighted by atomic mass is 10.0. The molecule has 0 radical (unpaired) electrons. The Morgan fingerprint density at radius 3 is 2.48 bits per heavy atom. The van der Waals surface area contributed by atoms with E-state index in [9.17, 15) is 4.79 Å². The third-order valence-corrected chi connectivity index (χ3v) is 5.53. The smallest absolute Gasteiger partial charge is 0.268 e. The van der Waals surface area contributed by atoms with Gasteiger partial charge in [0.2, 0.25) is 5.95 Å². The van der Waals surface area contributed by atoms with Crippen molar-refractivity contribution in [3.8, 4) is 0 Å². The average molecular weight is 399 g/mol. The topological polar surface area (TPSA) is 71.8 Å². The van der Waals surface area contributed by atoms with Crippen molar-refractivity contribution in [1.82, 2.24) is 14.8 Å². The summed E-state index contributed by atoms with van der Waals surface area (Å²) in [6, 6.07) is 23.7. The number of nitrogens with zero attached hydrogens (tertiary/aromatic N) is 3. The summed E-state index contributed by atoms with van der Waals surface area (Å²) in [7, 11) is 0. The summed E-state index contributed by atoms with van der Waals surface area (Å²) < 4.78 is 1.80. The first kappa shape index (κ1) is 17.4. The molecule has 2 N–H and O–H groups in total. The van der Waals surface area contributed by atoms with E-state index in [1.807, 2.05) is 60.0 Å². The van der Waals surface area contributed by atoms with Gasteiger partial charge in [0, 0.05) is 5.70 Å². The van der Waals surface area contributed by atoms with Crippen LogP contribution in [0, 0.1) is 0 Å². The van der Waals surface area contributed by atoms with Crippen LogP contribution >= 0.6 is 11.3 Å². The highest BCUT2D eigenvalue weighted by molar-refractivity contribution is 7.12. The molecule has 2 aromatic carbocycles. The Morgan fingerprint density at radius 2 is 1.76 bits per heavy atom. The Balaban J connectivity index is 1.52. The van der Waals surface area contributed by atoms with Gasteiger partial charge in [0.15, 0.2) is 0 Å². The molecule has 0 fully saturated rings. The first-order valence-electron chi connectivity index (χ1n) is 9.18. The Labute approximate surface area is 171 Å². The van der Waals surface area contributed by atoms with E-state index in [0.29, 0.717) is 10.8 Å². The number of carbonyl (C=O) groups excluding carboxylic acids is 1. The van der Waals surface area contributed by atoms with Crippen LogP contribution in [0.15, 0.2) is 84.3 Å². The molecule has 0 saturated carbocycles. The molecule has 0 aliphatic carbocycles. The van der Waals surface area contributed by atoms with Gasteiger partial charge >= 0.3 is 0 Å². The van der Waals surface area contributed by atoms with Crippen molar-refractivity contribution in [3.05, 3.63) is 100 Å². The van der Waals surface area contributed by atoms with E-state index < -0.39 is 0 Å². The van der Waals surface area contributed by atoms with Crippen molar-refractivity contribution >= 4 is 34.8 Å². The lowest BCUT2D eigenvalue weighted by Gasteiger charge is -2.24. The Morgan fingerprint density at radius 1 is 1.00 bits per heavy atom. The highest BCUT2D eigenvalue weighted by Gasteiger charge is 2.25. The van der Waals surface area contributed by atoms with Crippen LogP contribution in [0.4, 0.5) is 11.9 Å². The number of hydrogen-bond acceptors (Lipinski definition) is 5. The minimum absolute atomic E-state index is 0.137. The zero-order chi connectivity index (χ0) is 19.6. The van der Waals surface area contributed by atoms with E-state index in [-0.39, 0.29) is 17.9 Å². The van der Waals surface area contributed by atoms with E-state index in [2.05, 4.69) is 38.9 Å². The van der Waals surface area contributed by atoms with E-state index in [4.69, 9.17) is 0 Å². The summed E-state index contributed by atoms with van der Waals surface area (Å²) in [5, 5.41) is 12.6. The van der Waals surface area contributed by atoms with Crippen LogP contribution in [-0.4, -0.2) is 20.7 Å². The van der Waals surface area contributed by atoms with Gasteiger partial charge in [-0.3, -0.25) is 10.1 Å². The molecule has 29 heavy (non-hydrogen) atoms. The predicted molar refractivity (Wildman–Crippen MR) is 115 cm³/mol. The molecule has 0 saturated heterocycles. The highest BCUT2D eigenvalue weighted by Crippen LogP contribution is 2.33. The molecule has 1 atom stereocenters. The maximum atomic E-state index is 12.4. The van der Waals surface area contributed by atoms with E-state index in [0.717, 1.165) is 16.8 Å². The zero-order valence-electron chi connectivity index (χ0n) is 15.3. The number of benzene rings is 2. The SMILES string of the molecule is O=C(Nc1nc2n(n1)[C@@H](c1ccccc1)C=C(c1ccccc1)N2)c1cccs1. The zero-order valence-corrected chi connectivity index (χ0v) is 16.1. The molecular formula is C22H17N5OS. The summed E-state index contributed by atoms with van der Waals surface area (Å²) >= 11 is 1.38. The van der Waals surface area contributed by atoms with Gasteiger partial charge in [-0.2, -0.15) is 4.98 Å². The van der Waals surface area contributed by atoms with Gasteiger partial charge in [0.25, 0.3) is 11.9 Å². The number of rotatable bonds is 4. The largest absolute Gasteiger partial charge is 0.324 e. The number of hydrogen-bond donors (Lipinski definition) is 2. The van der Waals surface area contributed by atoms with Gasteiger partial charge in [0.05, 0.1) is 4.88 Å². The fourth-order valence-electron chi connectivity index (χ4n) is 3.29. The van der Waals surface area contributed by atoms with Gasteiger partial charge in [0.1, 0.15) is 6.04 Å². The fourth-order valence-corrected chi connectivity index (χ4v) is 3.91. The van der Waals surface area contributed by atoms with E-state index in [1.165, 1.54) is 11.3 Å².